The lowest BCUT2D eigenvalue weighted by Crippen LogP contribution is -2.40. The number of ether oxygens (including phenoxy) is 1. The van der Waals surface area contributed by atoms with Gasteiger partial charge in [-0.2, -0.15) is 0 Å². The average molecular weight is 285 g/mol. The lowest BCUT2D eigenvalue weighted by molar-refractivity contribution is -0.156. The van der Waals surface area contributed by atoms with Gasteiger partial charge in [-0.25, -0.2) is 0 Å². The number of rotatable bonds is 2. The molecule has 20 heavy (non-hydrogen) atoms. The highest BCUT2D eigenvalue weighted by Gasteiger charge is 2.18. The van der Waals surface area contributed by atoms with Crippen LogP contribution in [0.1, 0.15) is 40.0 Å². The smallest absolute Gasteiger partial charge is 0.320 e. The third-order valence-electron chi connectivity index (χ3n) is 3.18. The molecule has 1 aliphatic heterocycles. The molecular formula is C15H31N3O2. The van der Waals surface area contributed by atoms with Gasteiger partial charge in [-0.15, -0.1) is 0 Å². The largest absolute Gasteiger partial charge is 0.459 e. The second-order valence-corrected chi connectivity index (χ2v) is 6.42. The molecule has 0 radical (unpaired) electrons. The summed E-state index contributed by atoms with van der Waals surface area (Å²) in [7, 11) is 0. The summed E-state index contributed by atoms with van der Waals surface area (Å²) in [5.41, 5.74) is -0.395. The summed E-state index contributed by atoms with van der Waals surface area (Å²) in [5, 5.41) is 6.82. The Morgan fingerprint density at radius 3 is 2.40 bits per heavy atom. The number of hydrogen-bond acceptors (Lipinski definition) is 5. The SMILES string of the molecule is CC(C)(C)OC(=O)CN1CCCCCNCCNCC1. The first-order valence-electron chi connectivity index (χ1n) is 7.83. The van der Waals surface area contributed by atoms with Crippen molar-refractivity contribution in [3.63, 3.8) is 0 Å². The van der Waals surface area contributed by atoms with E-state index in [4.69, 9.17) is 4.74 Å². The Morgan fingerprint density at radius 2 is 1.70 bits per heavy atom. The summed E-state index contributed by atoms with van der Waals surface area (Å²) in [5.74, 6) is -0.119. The maximum atomic E-state index is 11.9. The van der Waals surface area contributed by atoms with E-state index in [0.29, 0.717) is 6.54 Å². The molecule has 1 rings (SSSR count). The first kappa shape index (κ1) is 17.4. The topological polar surface area (TPSA) is 53.6 Å². The van der Waals surface area contributed by atoms with Crippen LogP contribution in [0.5, 0.6) is 0 Å². The van der Waals surface area contributed by atoms with E-state index in [-0.39, 0.29) is 5.97 Å². The molecule has 0 atom stereocenters. The second-order valence-electron chi connectivity index (χ2n) is 6.42. The lowest BCUT2D eigenvalue weighted by atomic mass is 10.2. The molecule has 1 saturated heterocycles. The molecule has 0 unspecified atom stereocenters. The minimum Gasteiger partial charge on any atom is -0.459 e. The Balaban J connectivity index is 2.36. The summed E-state index contributed by atoms with van der Waals surface area (Å²) in [4.78, 5) is 14.1. The summed E-state index contributed by atoms with van der Waals surface area (Å²) < 4.78 is 5.40. The summed E-state index contributed by atoms with van der Waals surface area (Å²) in [6.45, 7) is 12.0. The number of esters is 1. The molecule has 2 N–H and O–H groups in total. The molecule has 0 spiro atoms. The third kappa shape index (κ3) is 9.28. The van der Waals surface area contributed by atoms with Crippen LogP contribution in [0.2, 0.25) is 0 Å². The molecular weight excluding hydrogens is 254 g/mol. The van der Waals surface area contributed by atoms with Gasteiger partial charge in [0.25, 0.3) is 0 Å². The Bertz CT molecular complexity index is 265. The van der Waals surface area contributed by atoms with E-state index in [2.05, 4.69) is 15.5 Å². The van der Waals surface area contributed by atoms with Crippen LogP contribution in [0.4, 0.5) is 0 Å². The van der Waals surface area contributed by atoms with Gasteiger partial charge in [-0.3, -0.25) is 9.69 Å². The molecule has 1 heterocycles. The number of carbonyl (C=O) groups excluding carboxylic acids is 1. The predicted molar refractivity (Wildman–Crippen MR) is 81.9 cm³/mol. The number of carbonyl (C=O) groups is 1. The van der Waals surface area contributed by atoms with Gasteiger partial charge in [0.2, 0.25) is 0 Å². The van der Waals surface area contributed by atoms with E-state index < -0.39 is 5.60 Å². The Hall–Kier alpha value is -0.650. The molecule has 0 bridgehead atoms. The third-order valence-corrected chi connectivity index (χ3v) is 3.18. The summed E-state index contributed by atoms with van der Waals surface area (Å²) in [6.07, 6.45) is 3.57. The molecule has 5 nitrogen and oxygen atoms in total. The molecule has 0 amide bonds. The van der Waals surface area contributed by atoms with Crippen LogP contribution in [0.15, 0.2) is 0 Å². The molecule has 1 fully saturated rings. The van der Waals surface area contributed by atoms with E-state index in [1.165, 1.54) is 12.8 Å². The zero-order chi connectivity index (χ0) is 14.8. The van der Waals surface area contributed by atoms with Crippen LogP contribution < -0.4 is 10.6 Å². The van der Waals surface area contributed by atoms with Crippen molar-refractivity contribution >= 4 is 5.97 Å². The highest BCUT2D eigenvalue weighted by Crippen LogP contribution is 2.08. The first-order chi connectivity index (χ1) is 9.47. The van der Waals surface area contributed by atoms with Gasteiger partial charge in [0.15, 0.2) is 0 Å². The van der Waals surface area contributed by atoms with Gasteiger partial charge in [-0.05, 0) is 46.7 Å². The average Bonchev–Trinajstić information content (AvgIpc) is 2.30. The Labute approximate surface area is 123 Å². The fraction of sp³-hybridized carbons (Fsp3) is 0.933. The maximum Gasteiger partial charge on any atom is 0.320 e. The standard InChI is InChI=1S/C15H31N3O2/c1-15(2,3)20-14(19)13-18-11-6-4-5-7-16-8-9-17-10-12-18/h16-17H,4-13H2,1-3H3. The van der Waals surface area contributed by atoms with Gasteiger partial charge in [0.05, 0.1) is 6.54 Å². The van der Waals surface area contributed by atoms with Crippen LogP contribution in [-0.4, -0.2) is 62.3 Å². The minimum absolute atomic E-state index is 0.119. The van der Waals surface area contributed by atoms with E-state index in [1.54, 1.807) is 0 Å². The van der Waals surface area contributed by atoms with E-state index in [9.17, 15) is 4.79 Å². The molecule has 0 aliphatic carbocycles. The van der Waals surface area contributed by atoms with Crippen molar-refractivity contribution in [3.05, 3.63) is 0 Å². The van der Waals surface area contributed by atoms with Crippen LogP contribution >= 0.6 is 0 Å². The van der Waals surface area contributed by atoms with Crippen LogP contribution in [0.25, 0.3) is 0 Å². The van der Waals surface area contributed by atoms with Crippen molar-refractivity contribution in [2.45, 2.75) is 45.6 Å². The quantitative estimate of drug-likeness (QED) is 0.741. The molecule has 1 aliphatic rings. The van der Waals surface area contributed by atoms with E-state index in [1.807, 2.05) is 20.8 Å². The second kappa shape index (κ2) is 9.32. The molecule has 0 aromatic heterocycles. The zero-order valence-corrected chi connectivity index (χ0v) is 13.3. The van der Waals surface area contributed by atoms with Gasteiger partial charge >= 0.3 is 5.97 Å². The first-order valence-corrected chi connectivity index (χ1v) is 7.83. The molecule has 5 heteroatoms. The van der Waals surface area contributed by atoms with Crippen molar-refractivity contribution in [1.82, 2.24) is 15.5 Å². The highest BCUT2D eigenvalue weighted by molar-refractivity contribution is 5.72. The van der Waals surface area contributed by atoms with Crippen molar-refractivity contribution in [1.29, 1.82) is 0 Å². The number of nitrogens with one attached hydrogen (secondary N) is 2. The predicted octanol–water partition coefficient (Wildman–Crippen LogP) is 0.993. The minimum atomic E-state index is -0.395. The fourth-order valence-corrected chi connectivity index (χ4v) is 2.25. The van der Waals surface area contributed by atoms with Crippen LogP contribution in [0, 0.1) is 0 Å². The van der Waals surface area contributed by atoms with E-state index in [0.717, 1.165) is 45.7 Å². The highest BCUT2D eigenvalue weighted by atomic mass is 16.6. The van der Waals surface area contributed by atoms with E-state index >= 15 is 0 Å². The Morgan fingerprint density at radius 1 is 1.00 bits per heavy atom. The van der Waals surface area contributed by atoms with Crippen molar-refractivity contribution in [2.24, 2.45) is 0 Å². The lowest BCUT2D eigenvalue weighted by Gasteiger charge is -2.25. The van der Waals surface area contributed by atoms with Crippen molar-refractivity contribution < 1.29 is 9.53 Å². The van der Waals surface area contributed by atoms with Gasteiger partial charge in [0.1, 0.15) is 5.60 Å². The van der Waals surface area contributed by atoms with Crippen molar-refractivity contribution in [3.8, 4) is 0 Å². The van der Waals surface area contributed by atoms with Gasteiger partial charge < -0.3 is 15.4 Å². The van der Waals surface area contributed by atoms with Gasteiger partial charge in [-0.1, -0.05) is 6.42 Å². The van der Waals surface area contributed by atoms with Crippen LogP contribution in [-0.2, 0) is 9.53 Å². The Kier molecular flexibility index (Phi) is 8.11. The molecule has 0 saturated carbocycles. The molecule has 0 aromatic carbocycles. The van der Waals surface area contributed by atoms with Crippen LogP contribution in [0.3, 0.4) is 0 Å². The molecule has 0 aromatic rings. The number of nitrogens with zero attached hydrogens (tertiary/aromatic N) is 1. The summed E-state index contributed by atoms with van der Waals surface area (Å²) in [6, 6.07) is 0. The van der Waals surface area contributed by atoms with Crippen molar-refractivity contribution in [2.75, 3.05) is 45.8 Å². The normalized spacial score (nSPS) is 20.8. The number of hydrogen-bond donors (Lipinski definition) is 2. The van der Waals surface area contributed by atoms with Gasteiger partial charge in [0, 0.05) is 26.2 Å². The summed E-state index contributed by atoms with van der Waals surface area (Å²) >= 11 is 0. The monoisotopic (exact) mass is 285 g/mol. The zero-order valence-electron chi connectivity index (χ0n) is 13.3. The maximum absolute atomic E-state index is 11.9. The fourth-order valence-electron chi connectivity index (χ4n) is 2.25. The molecule has 118 valence electrons.